The lowest BCUT2D eigenvalue weighted by Crippen LogP contribution is -2.12. The Morgan fingerprint density at radius 3 is 2.67 bits per heavy atom. The van der Waals surface area contributed by atoms with Crippen LogP contribution in [0.4, 0.5) is 0 Å². The second kappa shape index (κ2) is 5.69. The molecule has 0 atom stereocenters. The number of aromatic nitrogens is 2. The molecule has 112 valence electrons. The van der Waals surface area contributed by atoms with Crippen LogP contribution in [0.3, 0.4) is 0 Å². The molecule has 2 aromatic rings. The minimum absolute atomic E-state index is 0.106. The first-order valence-corrected chi connectivity index (χ1v) is 8.22. The van der Waals surface area contributed by atoms with E-state index in [4.69, 9.17) is 4.74 Å². The number of carbonyl (C=O) groups excluding carboxylic acids is 1. The van der Waals surface area contributed by atoms with Gasteiger partial charge in [-0.15, -0.1) is 0 Å². The summed E-state index contributed by atoms with van der Waals surface area (Å²) >= 11 is 0. The molecule has 1 heterocycles. The predicted molar refractivity (Wildman–Crippen MR) is 77.4 cm³/mol. The first kappa shape index (κ1) is 15.2. The summed E-state index contributed by atoms with van der Waals surface area (Å²) in [4.78, 5) is 12.7. The SMILES string of the molecule is CCn1ncc(OC)c1C(=O)c1cccc(S(C)(=O)=O)c1. The predicted octanol–water partition coefficient (Wildman–Crippen LogP) is 1.55. The molecule has 1 aromatic heterocycles. The first-order valence-electron chi connectivity index (χ1n) is 6.33. The number of nitrogens with zero attached hydrogens (tertiary/aromatic N) is 2. The second-order valence-electron chi connectivity index (χ2n) is 4.51. The van der Waals surface area contributed by atoms with Crippen molar-refractivity contribution in [1.82, 2.24) is 9.78 Å². The third-order valence-electron chi connectivity index (χ3n) is 3.06. The Kier molecular flexibility index (Phi) is 4.13. The van der Waals surface area contributed by atoms with Crippen LogP contribution in [0.1, 0.15) is 23.0 Å². The molecule has 0 N–H and O–H groups in total. The number of ketones is 1. The van der Waals surface area contributed by atoms with Gasteiger partial charge in [0.25, 0.3) is 0 Å². The highest BCUT2D eigenvalue weighted by Gasteiger charge is 2.21. The lowest BCUT2D eigenvalue weighted by molar-refractivity contribution is 0.102. The van der Waals surface area contributed by atoms with Gasteiger partial charge >= 0.3 is 0 Å². The van der Waals surface area contributed by atoms with Gasteiger partial charge in [0.05, 0.1) is 18.2 Å². The Morgan fingerprint density at radius 1 is 1.38 bits per heavy atom. The van der Waals surface area contributed by atoms with Crippen LogP contribution in [0.15, 0.2) is 35.4 Å². The Morgan fingerprint density at radius 2 is 2.10 bits per heavy atom. The minimum atomic E-state index is -3.36. The molecule has 21 heavy (non-hydrogen) atoms. The van der Waals surface area contributed by atoms with Gasteiger partial charge in [0.15, 0.2) is 21.3 Å². The molecule has 2 rings (SSSR count). The van der Waals surface area contributed by atoms with Crippen LogP contribution >= 0.6 is 0 Å². The van der Waals surface area contributed by atoms with E-state index in [0.717, 1.165) is 6.26 Å². The first-order chi connectivity index (χ1) is 9.88. The third-order valence-corrected chi connectivity index (χ3v) is 4.18. The van der Waals surface area contributed by atoms with Gasteiger partial charge in [-0.2, -0.15) is 5.10 Å². The molecule has 0 amide bonds. The quantitative estimate of drug-likeness (QED) is 0.783. The van der Waals surface area contributed by atoms with Crippen molar-refractivity contribution in [3.05, 3.63) is 41.7 Å². The largest absolute Gasteiger partial charge is 0.493 e. The second-order valence-corrected chi connectivity index (χ2v) is 6.52. The molecule has 0 aliphatic carbocycles. The van der Waals surface area contributed by atoms with E-state index in [1.54, 1.807) is 12.1 Å². The summed E-state index contributed by atoms with van der Waals surface area (Å²) in [7, 11) is -1.91. The number of hydrogen-bond donors (Lipinski definition) is 0. The maximum atomic E-state index is 12.6. The van der Waals surface area contributed by atoms with Crippen molar-refractivity contribution in [2.45, 2.75) is 18.4 Å². The average Bonchev–Trinajstić information content (AvgIpc) is 2.88. The summed E-state index contributed by atoms with van der Waals surface area (Å²) < 4.78 is 29.8. The normalized spacial score (nSPS) is 11.4. The summed E-state index contributed by atoms with van der Waals surface area (Å²) in [6.07, 6.45) is 2.57. The maximum Gasteiger partial charge on any atom is 0.214 e. The van der Waals surface area contributed by atoms with E-state index >= 15 is 0 Å². The highest BCUT2D eigenvalue weighted by molar-refractivity contribution is 7.90. The summed E-state index contributed by atoms with van der Waals surface area (Å²) in [5.74, 6) is 0.0447. The zero-order valence-corrected chi connectivity index (χ0v) is 12.8. The average molecular weight is 308 g/mol. The Labute approximate surface area is 123 Å². The highest BCUT2D eigenvalue weighted by atomic mass is 32.2. The van der Waals surface area contributed by atoms with E-state index in [1.807, 2.05) is 6.92 Å². The molecule has 0 aliphatic rings. The van der Waals surface area contributed by atoms with Crippen LogP contribution in [0.5, 0.6) is 5.75 Å². The van der Waals surface area contributed by atoms with E-state index in [9.17, 15) is 13.2 Å². The van der Waals surface area contributed by atoms with Crippen molar-refractivity contribution >= 4 is 15.6 Å². The van der Waals surface area contributed by atoms with Crippen LogP contribution in [0, 0.1) is 0 Å². The molecule has 0 spiro atoms. The maximum absolute atomic E-state index is 12.6. The lowest BCUT2D eigenvalue weighted by atomic mass is 10.1. The molecule has 7 heteroatoms. The number of hydrogen-bond acceptors (Lipinski definition) is 5. The van der Waals surface area contributed by atoms with Crippen LogP contribution in [-0.2, 0) is 16.4 Å². The van der Waals surface area contributed by atoms with Gasteiger partial charge in [-0.3, -0.25) is 9.48 Å². The smallest absolute Gasteiger partial charge is 0.214 e. The van der Waals surface area contributed by atoms with Crippen molar-refractivity contribution in [2.24, 2.45) is 0 Å². The minimum Gasteiger partial charge on any atom is -0.493 e. The monoisotopic (exact) mass is 308 g/mol. The standard InChI is InChI=1S/C14H16N2O4S/c1-4-16-13(12(20-2)9-15-16)14(17)10-6-5-7-11(8-10)21(3,18)19/h5-9H,4H2,1-3H3. The van der Waals surface area contributed by atoms with Gasteiger partial charge in [-0.1, -0.05) is 12.1 Å². The van der Waals surface area contributed by atoms with Gasteiger partial charge in [-0.25, -0.2) is 8.42 Å². The molecular formula is C14H16N2O4S. The summed E-state index contributed by atoms with van der Waals surface area (Å²) in [5, 5.41) is 4.08. The van der Waals surface area contributed by atoms with E-state index in [2.05, 4.69) is 5.10 Å². The highest BCUT2D eigenvalue weighted by Crippen LogP contribution is 2.22. The topological polar surface area (TPSA) is 78.3 Å². The fourth-order valence-corrected chi connectivity index (χ4v) is 2.66. The third kappa shape index (κ3) is 2.97. The number of sulfone groups is 1. The van der Waals surface area contributed by atoms with Crippen LogP contribution < -0.4 is 4.74 Å². The number of ether oxygens (including phenoxy) is 1. The fraction of sp³-hybridized carbons (Fsp3) is 0.286. The Balaban J connectivity index is 2.53. The molecule has 0 radical (unpaired) electrons. The van der Waals surface area contributed by atoms with Gasteiger partial charge < -0.3 is 4.74 Å². The van der Waals surface area contributed by atoms with Crippen molar-refractivity contribution in [3.63, 3.8) is 0 Å². The molecule has 6 nitrogen and oxygen atoms in total. The number of aryl methyl sites for hydroxylation is 1. The zero-order valence-electron chi connectivity index (χ0n) is 12.0. The van der Waals surface area contributed by atoms with E-state index in [0.29, 0.717) is 18.0 Å². The van der Waals surface area contributed by atoms with E-state index in [1.165, 1.54) is 30.1 Å². The summed E-state index contributed by atoms with van der Waals surface area (Å²) in [6, 6.07) is 5.94. The van der Waals surface area contributed by atoms with Crippen LogP contribution in [0.25, 0.3) is 0 Å². The molecule has 0 fully saturated rings. The summed E-state index contributed by atoms with van der Waals surface area (Å²) in [6.45, 7) is 2.37. The van der Waals surface area contributed by atoms with Gasteiger partial charge in [0.1, 0.15) is 0 Å². The number of carbonyl (C=O) groups is 1. The lowest BCUT2D eigenvalue weighted by Gasteiger charge is -2.07. The molecule has 0 aliphatic heterocycles. The van der Waals surface area contributed by atoms with Crippen molar-refractivity contribution in [3.8, 4) is 5.75 Å². The van der Waals surface area contributed by atoms with Crippen molar-refractivity contribution < 1.29 is 17.9 Å². The van der Waals surface area contributed by atoms with Crippen molar-refractivity contribution in [2.75, 3.05) is 13.4 Å². The molecular weight excluding hydrogens is 292 g/mol. The van der Waals surface area contributed by atoms with E-state index in [-0.39, 0.29) is 16.2 Å². The molecule has 0 saturated carbocycles. The zero-order chi connectivity index (χ0) is 15.6. The molecule has 0 saturated heterocycles. The molecule has 1 aromatic carbocycles. The van der Waals surface area contributed by atoms with Crippen molar-refractivity contribution in [1.29, 1.82) is 0 Å². The van der Waals surface area contributed by atoms with E-state index < -0.39 is 9.84 Å². The fourth-order valence-electron chi connectivity index (χ4n) is 1.99. The van der Waals surface area contributed by atoms with Crippen LogP contribution in [-0.4, -0.2) is 37.3 Å². The molecule has 0 bridgehead atoms. The number of benzene rings is 1. The van der Waals surface area contributed by atoms with Gasteiger partial charge in [0.2, 0.25) is 5.78 Å². The van der Waals surface area contributed by atoms with Gasteiger partial charge in [-0.05, 0) is 19.1 Å². The summed E-state index contributed by atoms with van der Waals surface area (Å²) in [5.41, 5.74) is 0.595. The number of rotatable bonds is 5. The van der Waals surface area contributed by atoms with Gasteiger partial charge in [0, 0.05) is 18.4 Å². The number of methoxy groups -OCH3 is 1. The Bertz CT molecular complexity index is 757. The van der Waals surface area contributed by atoms with Crippen LogP contribution in [0.2, 0.25) is 0 Å². The Hall–Kier alpha value is -2.15. The molecule has 0 unspecified atom stereocenters.